The number of imidazole rings is 1. The van der Waals surface area contributed by atoms with Gasteiger partial charge < -0.3 is 15.6 Å². The third-order valence-corrected chi connectivity index (χ3v) is 5.08. The topological polar surface area (TPSA) is 109 Å². The summed E-state index contributed by atoms with van der Waals surface area (Å²) < 4.78 is 69.6. The summed E-state index contributed by atoms with van der Waals surface area (Å²) in [5, 5.41) is 11.8. The van der Waals surface area contributed by atoms with Crippen LogP contribution in [0.5, 0.6) is 0 Å². The monoisotopic (exact) mass is 502 g/mol. The minimum atomic E-state index is -4.92. The highest BCUT2D eigenvalue weighted by molar-refractivity contribution is 6.10. The Morgan fingerprint density at radius 1 is 1.31 bits per heavy atom. The number of hydrogen-bond donors (Lipinski definition) is 2. The minimum Gasteiger partial charge on any atom is -0.404 e. The first kappa shape index (κ1) is 26.1. The zero-order valence-corrected chi connectivity index (χ0v) is 18.8. The first-order valence-electron chi connectivity index (χ1n) is 10.3. The summed E-state index contributed by atoms with van der Waals surface area (Å²) in [6, 6.07) is 6.46. The molecule has 0 aliphatic heterocycles. The molecule has 3 N–H and O–H groups in total. The van der Waals surface area contributed by atoms with E-state index in [-0.39, 0.29) is 28.9 Å². The van der Waals surface area contributed by atoms with Gasteiger partial charge in [0.1, 0.15) is 17.5 Å². The maximum absolute atomic E-state index is 15.0. The smallest absolute Gasteiger partial charge is 0.404 e. The van der Waals surface area contributed by atoms with Crippen LogP contribution >= 0.6 is 0 Å². The summed E-state index contributed by atoms with van der Waals surface area (Å²) in [6.45, 7) is 0.171. The van der Waals surface area contributed by atoms with Crippen molar-refractivity contribution < 1.29 is 26.7 Å². The Hall–Kier alpha value is -4.53. The molecule has 0 saturated heterocycles. The van der Waals surface area contributed by atoms with E-state index >= 15 is 0 Å². The van der Waals surface area contributed by atoms with Crippen molar-refractivity contribution in [3.05, 3.63) is 88.6 Å². The second kappa shape index (κ2) is 10.8. The van der Waals surface area contributed by atoms with Crippen LogP contribution in [0.25, 0.3) is 5.57 Å². The molecule has 186 valence electrons. The highest BCUT2D eigenvalue weighted by Gasteiger charge is 2.35. The van der Waals surface area contributed by atoms with E-state index in [1.54, 1.807) is 24.0 Å². The Labute approximate surface area is 202 Å². The summed E-state index contributed by atoms with van der Waals surface area (Å²) in [4.78, 5) is 20.6. The van der Waals surface area contributed by atoms with Crippen LogP contribution in [0.2, 0.25) is 0 Å². The van der Waals surface area contributed by atoms with Crippen molar-refractivity contribution in [2.45, 2.75) is 19.1 Å². The van der Waals surface area contributed by atoms with Gasteiger partial charge in [0.05, 0.1) is 30.2 Å². The molecule has 12 heteroatoms. The van der Waals surface area contributed by atoms with Gasteiger partial charge in [-0.2, -0.15) is 18.4 Å². The van der Waals surface area contributed by atoms with Gasteiger partial charge in [-0.05, 0) is 23.8 Å². The van der Waals surface area contributed by atoms with Gasteiger partial charge >= 0.3 is 6.18 Å². The number of halogens is 5. The lowest BCUT2D eigenvalue weighted by molar-refractivity contribution is -0.140. The molecular formula is C24H19F5N6O. The molecule has 0 spiro atoms. The molecule has 0 aliphatic carbocycles. The van der Waals surface area contributed by atoms with E-state index in [0.29, 0.717) is 11.9 Å². The molecule has 0 fully saturated rings. The minimum absolute atomic E-state index is 0.0992. The number of nitrogens with two attached hydrogens (primary N) is 1. The fraction of sp³-hybridized carbons (Fsp3) is 0.167. The number of hydrogen-bond acceptors (Lipinski definition) is 5. The maximum Gasteiger partial charge on any atom is 0.419 e. The first-order chi connectivity index (χ1) is 17.0. The molecule has 1 amide bonds. The zero-order chi connectivity index (χ0) is 26.5. The summed E-state index contributed by atoms with van der Waals surface area (Å²) in [5.74, 6) is -2.74. The summed E-state index contributed by atoms with van der Waals surface area (Å²) in [6.07, 6.45) is -0.00177. The number of aliphatic imine (C=N–C) groups is 1. The van der Waals surface area contributed by atoms with Crippen molar-refractivity contribution in [1.82, 2.24) is 9.55 Å². The number of alkyl halides is 3. The van der Waals surface area contributed by atoms with Crippen LogP contribution in [-0.2, 0) is 31.0 Å². The number of amides is 1. The number of benzene rings is 2. The predicted molar refractivity (Wildman–Crippen MR) is 122 cm³/mol. The van der Waals surface area contributed by atoms with Gasteiger partial charge in [0.25, 0.3) is 0 Å². The fourth-order valence-electron chi connectivity index (χ4n) is 3.34. The number of anilines is 1. The van der Waals surface area contributed by atoms with E-state index in [4.69, 9.17) is 5.73 Å². The molecule has 0 unspecified atom stereocenters. The Bertz CT molecular complexity index is 1380. The average molecular weight is 502 g/mol. The van der Waals surface area contributed by atoms with Gasteiger partial charge in [-0.3, -0.25) is 9.79 Å². The third kappa shape index (κ3) is 5.93. The molecule has 0 bridgehead atoms. The van der Waals surface area contributed by atoms with Gasteiger partial charge in [0, 0.05) is 48.7 Å². The van der Waals surface area contributed by atoms with Gasteiger partial charge in [-0.15, -0.1) is 0 Å². The lowest BCUT2D eigenvalue weighted by Gasteiger charge is -2.13. The van der Waals surface area contributed by atoms with E-state index in [2.05, 4.69) is 15.3 Å². The Balaban J connectivity index is 1.80. The van der Waals surface area contributed by atoms with Crippen LogP contribution in [-0.4, -0.2) is 21.7 Å². The summed E-state index contributed by atoms with van der Waals surface area (Å²) in [5.41, 5.74) is 3.23. The normalized spacial score (nSPS) is 12.1. The number of aryl methyl sites for hydroxylation is 1. The number of aromatic nitrogens is 2. The fourth-order valence-corrected chi connectivity index (χ4v) is 3.34. The molecular weight excluding hydrogens is 483 g/mol. The quantitative estimate of drug-likeness (QED) is 0.370. The van der Waals surface area contributed by atoms with Crippen molar-refractivity contribution in [2.24, 2.45) is 17.8 Å². The van der Waals surface area contributed by atoms with E-state index in [9.17, 15) is 32.0 Å². The maximum atomic E-state index is 15.0. The van der Waals surface area contributed by atoms with Gasteiger partial charge in [0.2, 0.25) is 5.91 Å². The van der Waals surface area contributed by atoms with Crippen molar-refractivity contribution in [2.75, 3.05) is 5.32 Å². The van der Waals surface area contributed by atoms with Crippen LogP contribution in [0.1, 0.15) is 28.1 Å². The van der Waals surface area contributed by atoms with Gasteiger partial charge in [0.15, 0.2) is 0 Å². The van der Waals surface area contributed by atoms with Crippen LogP contribution in [0.4, 0.5) is 27.6 Å². The Kier molecular flexibility index (Phi) is 7.83. The molecule has 1 heterocycles. The molecule has 36 heavy (non-hydrogen) atoms. The number of nitrogens with zero attached hydrogens (tertiary/aromatic N) is 4. The Morgan fingerprint density at radius 2 is 2.06 bits per heavy atom. The van der Waals surface area contributed by atoms with Gasteiger partial charge in [-0.1, -0.05) is 12.1 Å². The molecule has 0 aliphatic rings. The van der Waals surface area contributed by atoms with Crippen LogP contribution in [0.15, 0.2) is 53.9 Å². The van der Waals surface area contributed by atoms with Crippen LogP contribution < -0.4 is 11.1 Å². The van der Waals surface area contributed by atoms with Gasteiger partial charge in [-0.25, -0.2) is 13.8 Å². The largest absolute Gasteiger partial charge is 0.419 e. The number of rotatable bonds is 7. The van der Waals surface area contributed by atoms with Crippen molar-refractivity contribution in [3.8, 4) is 6.07 Å². The van der Waals surface area contributed by atoms with Crippen molar-refractivity contribution in [1.29, 1.82) is 5.26 Å². The highest BCUT2D eigenvalue weighted by Crippen LogP contribution is 2.32. The molecule has 3 aromatic rings. The third-order valence-electron chi connectivity index (χ3n) is 5.08. The summed E-state index contributed by atoms with van der Waals surface area (Å²) >= 11 is 0. The van der Waals surface area contributed by atoms with Crippen LogP contribution in [0.3, 0.4) is 0 Å². The van der Waals surface area contributed by atoms with Crippen molar-refractivity contribution in [3.63, 3.8) is 0 Å². The van der Waals surface area contributed by atoms with E-state index in [1.807, 2.05) is 6.07 Å². The second-order valence-corrected chi connectivity index (χ2v) is 7.54. The lowest BCUT2D eigenvalue weighted by atomic mass is 10.00. The zero-order valence-electron chi connectivity index (χ0n) is 18.8. The second-order valence-electron chi connectivity index (χ2n) is 7.54. The summed E-state index contributed by atoms with van der Waals surface area (Å²) in [7, 11) is 1.78. The number of carbonyl (C=O) groups excluding carboxylic acids is 1. The SMILES string of the molecule is Cn1ccnc1CN=C/C(=C\N)c1c(F)cc(NC(=O)Cc2cccc(C(F)(F)F)c2F)cc1C#N. The molecule has 1 aromatic heterocycles. The molecule has 0 atom stereocenters. The van der Waals surface area contributed by atoms with E-state index in [1.165, 1.54) is 6.21 Å². The Morgan fingerprint density at radius 3 is 2.67 bits per heavy atom. The van der Waals surface area contributed by atoms with E-state index < -0.39 is 41.3 Å². The van der Waals surface area contributed by atoms with Crippen molar-refractivity contribution >= 4 is 23.4 Å². The molecule has 0 radical (unpaired) electrons. The lowest BCUT2D eigenvalue weighted by Crippen LogP contribution is -2.17. The van der Waals surface area contributed by atoms with E-state index in [0.717, 1.165) is 30.5 Å². The highest BCUT2D eigenvalue weighted by atomic mass is 19.4. The molecule has 7 nitrogen and oxygen atoms in total. The molecule has 2 aromatic carbocycles. The number of nitriles is 1. The average Bonchev–Trinajstić information content (AvgIpc) is 3.22. The molecule has 0 saturated carbocycles. The standard InChI is InChI=1S/C24H19F5N6O/c1-35-6-5-33-20(35)13-32-12-16(11-31)22-15(10-30)7-17(9-19(22)25)34-21(36)8-14-3-2-4-18(23(14)26)24(27,28)29/h2-7,9,11-12H,8,13,31H2,1H3,(H,34,36)/b16-11+,32-12?. The predicted octanol–water partition coefficient (Wildman–Crippen LogP) is 4.34. The first-order valence-corrected chi connectivity index (χ1v) is 10.3. The number of nitrogens with one attached hydrogen (secondary N) is 1. The van der Waals surface area contributed by atoms with Crippen LogP contribution in [0, 0.1) is 23.0 Å². The number of allylic oxidation sites excluding steroid dienone is 1. The molecule has 3 rings (SSSR count). The number of carbonyl (C=O) groups is 1.